The molecule has 0 unspecified atom stereocenters. The lowest BCUT2D eigenvalue weighted by Crippen LogP contribution is -2.47. The predicted molar refractivity (Wildman–Crippen MR) is 124 cm³/mol. The number of amides is 2. The Balaban J connectivity index is 1.21. The largest absolute Gasteiger partial charge is 0.464 e. The topological polar surface area (TPSA) is 99.9 Å². The quantitative estimate of drug-likeness (QED) is 0.611. The van der Waals surface area contributed by atoms with Crippen molar-refractivity contribution in [3.05, 3.63) is 48.8 Å². The Bertz CT molecular complexity index is 1160. The molecule has 0 radical (unpaired) electrons. The number of benzene rings is 1. The van der Waals surface area contributed by atoms with Gasteiger partial charge in [0.2, 0.25) is 0 Å². The minimum Gasteiger partial charge on any atom is -0.464 e. The SMILES string of the molecule is O=C(Nc1cc(Oc2ccc3ccn(C(=O)O)c3c2)ccn1)N1CCC(N2CCCC2)CC1. The molecule has 2 fully saturated rings. The molecule has 2 aromatic heterocycles. The van der Waals surface area contributed by atoms with Crippen molar-refractivity contribution in [2.75, 3.05) is 31.5 Å². The van der Waals surface area contributed by atoms with Crippen LogP contribution in [0.25, 0.3) is 10.9 Å². The highest BCUT2D eigenvalue weighted by Gasteiger charge is 2.28. The molecule has 4 heterocycles. The molecular weight excluding hydrogens is 422 g/mol. The Labute approximate surface area is 191 Å². The van der Waals surface area contributed by atoms with E-state index in [1.807, 2.05) is 4.90 Å². The molecular formula is C24H27N5O4. The fraction of sp³-hybridized carbons (Fsp3) is 0.375. The van der Waals surface area contributed by atoms with E-state index in [2.05, 4.69) is 15.2 Å². The number of fused-ring (bicyclic) bond motifs is 1. The van der Waals surface area contributed by atoms with E-state index in [0.717, 1.165) is 35.9 Å². The molecule has 0 aliphatic carbocycles. The van der Waals surface area contributed by atoms with E-state index in [-0.39, 0.29) is 6.03 Å². The summed E-state index contributed by atoms with van der Waals surface area (Å²) < 4.78 is 7.06. The number of nitrogens with zero attached hydrogens (tertiary/aromatic N) is 4. The molecule has 0 spiro atoms. The standard InChI is InChI=1S/C24H27N5O4/c30-23(28-12-7-18(8-13-28)27-10-1-2-11-27)26-22-16-20(5-9-25-22)33-19-4-3-17-6-14-29(24(31)32)21(17)15-19/h3-6,9,14-16,18H,1-2,7-8,10-13H2,(H,31,32)(H,25,26,30). The molecule has 2 saturated heterocycles. The van der Waals surface area contributed by atoms with E-state index < -0.39 is 6.09 Å². The van der Waals surface area contributed by atoms with Crippen LogP contribution < -0.4 is 10.1 Å². The molecule has 2 aliphatic heterocycles. The molecule has 0 atom stereocenters. The molecule has 9 nitrogen and oxygen atoms in total. The zero-order valence-corrected chi connectivity index (χ0v) is 18.3. The van der Waals surface area contributed by atoms with E-state index in [1.54, 1.807) is 42.6 Å². The summed E-state index contributed by atoms with van der Waals surface area (Å²) in [5.74, 6) is 1.41. The average molecular weight is 450 g/mol. The third kappa shape index (κ3) is 4.63. The fourth-order valence-electron chi connectivity index (χ4n) is 4.75. The smallest absolute Gasteiger partial charge is 0.416 e. The van der Waals surface area contributed by atoms with Crippen molar-refractivity contribution in [3.8, 4) is 11.5 Å². The minimum atomic E-state index is -1.06. The van der Waals surface area contributed by atoms with Gasteiger partial charge in [0.15, 0.2) is 0 Å². The number of hydrogen-bond donors (Lipinski definition) is 2. The monoisotopic (exact) mass is 449 g/mol. The number of carbonyl (C=O) groups is 2. The number of rotatable bonds is 4. The fourth-order valence-corrected chi connectivity index (χ4v) is 4.75. The van der Waals surface area contributed by atoms with E-state index in [0.29, 0.717) is 28.9 Å². The van der Waals surface area contributed by atoms with Crippen LogP contribution in [0.1, 0.15) is 25.7 Å². The Morgan fingerprint density at radius 1 is 1.00 bits per heavy atom. The number of likely N-dealkylation sites (tertiary alicyclic amines) is 2. The van der Waals surface area contributed by atoms with Gasteiger partial charge in [-0.25, -0.2) is 14.6 Å². The summed E-state index contributed by atoms with van der Waals surface area (Å²) in [6.07, 6.45) is 6.60. The number of carboxylic acid groups (broad SMARTS) is 1. The first-order valence-corrected chi connectivity index (χ1v) is 11.3. The van der Waals surface area contributed by atoms with Crippen LogP contribution in [-0.4, -0.2) is 68.8 Å². The van der Waals surface area contributed by atoms with Gasteiger partial charge < -0.3 is 19.6 Å². The summed E-state index contributed by atoms with van der Waals surface area (Å²) in [5.41, 5.74) is 0.542. The first kappa shape index (κ1) is 21.3. The van der Waals surface area contributed by atoms with E-state index in [9.17, 15) is 14.7 Å². The summed E-state index contributed by atoms with van der Waals surface area (Å²) in [6.45, 7) is 3.85. The van der Waals surface area contributed by atoms with Crippen molar-refractivity contribution >= 4 is 28.8 Å². The Kier molecular flexibility index (Phi) is 5.87. The van der Waals surface area contributed by atoms with Gasteiger partial charge in [-0.05, 0) is 63.0 Å². The molecule has 5 rings (SSSR count). The van der Waals surface area contributed by atoms with Crippen LogP contribution in [0.5, 0.6) is 11.5 Å². The molecule has 2 aliphatic rings. The number of aromatic nitrogens is 2. The minimum absolute atomic E-state index is 0.153. The lowest BCUT2D eigenvalue weighted by molar-refractivity contribution is 0.140. The maximum Gasteiger partial charge on any atom is 0.416 e. The van der Waals surface area contributed by atoms with Gasteiger partial charge in [-0.1, -0.05) is 0 Å². The third-order valence-corrected chi connectivity index (χ3v) is 6.48. The number of anilines is 1. The number of nitrogens with one attached hydrogen (secondary N) is 1. The summed E-state index contributed by atoms with van der Waals surface area (Å²) >= 11 is 0. The lowest BCUT2D eigenvalue weighted by Gasteiger charge is -2.36. The number of hydrogen-bond acceptors (Lipinski definition) is 5. The number of piperidine rings is 1. The average Bonchev–Trinajstić information content (AvgIpc) is 3.49. The van der Waals surface area contributed by atoms with Gasteiger partial charge in [-0.15, -0.1) is 0 Å². The van der Waals surface area contributed by atoms with Crippen molar-refractivity contribution in [3.63, 3.8) is 0 Å². The van der Waals surface area contributed by atoms with Crippen molar-refractivity contribution in [1.82, 2.24) is 19.4 Å². The van der Waals surface area contributed by atoms with Gasteiger partial charge >= 0.3 is 12.1 Å². The second-order valence-corrected chi connectivity index (χ2v) is 8.56. The zero-order valence-electron chi connectivity index (χ0n) is 18.3. The van der Waals surface area contributed by atoms with Crippen molar-refractivity contribution < 1.29 is 19.4 Å². The van der Waals surface area contributed by atoms with Gasteiger partial charge in [0.1, 0.15) is 17.3 Å². The molecule has 172 valence electrons. The summed E-state index contributed by atoms with van der Waals surface area (Å²) in [7, 11) is 0. The lowest BCUT2D eigenvalue weighted by atomic mass is 10.0. The third-order valence-electron chi connectivity index (χ3n) is 6.48. The molecule has 2 amide bonds. The Morgan fingerprint density at radius 3 is 2.52 bits per heavy atom. The van der Waals surface area contributed by atoms with Crippen molar-refractivity contribution in [2.24, 2.45) is 0 Å². The molecule has 0 saturated carbocycles. The highest BCUT2D eigenvalue weighted by molar-refractivity contribution is 5.90. The van der Waals surface area contributed by atoms with Crippen LogP contribution >= 0.6 is 0 Å². The first-order chi connectivity index (χ1) is 16.1. The first-order valence-electron chi connectivity index (χ1n) is 11.3. The van der Waals surface area contributed by atoms with Crippen molar-refractivity contribution in [1.29, 1.82) is 0 Å². The second-order valence-electron chi connectivity index (χ2n) is 8.56. The van der Waals surface area contributed by atoms with E-state index in [1.165, 1.54) is 32.1 Å². The second kappa shape index (κ2) is 9.11. The van der Waals surface area contributed by atoms with Gasteiger partial charge in [0, 0.05) is 49.0 Å². The van der Waals surface area contributed by atoms with Gasteiger partial charge in [-0.2, -0.15) is 0 Å². The van der Waals surface area contributed by atoms with E-state index >= 15 is 0 Å². The van der Waals surface area contributed by atoms with Crippen LogP contribution in [0.2, 0.25) is 0 Å². The maximum atomic E-state index is 12.7. The van der Waals surface area contributed by atoms with Crippen LogP contribution in [0.3, 0.4) is 0 Å². The van der Waals surface area contributed by atoms with Crippen molar-refractivity contribution in [2.45, 2.75) is 31.7 Å². The zero-order chi connectivity index (χ0) is 22.8. The number of pyridine rings is 1. The number of ether oxygens (including phenoxy) is 1. The highest BCUT2D eigenvalue weighted by atomic mass is 16.5. The Hall–Kier alpha value is -3.59. The van der Waals surface area contributed by atoms with Gasteiger partial charge in [0.05, 0.1) is 5.52 Å². The van der Waals surface area contributed by atoms with E-state index in [4.69, 9.17) is 4.74 Å². The molecule has 2 N–H and O–H groups in total. The van der Waals surface area contributed by atoms with Gasteiger partial charge in [0.25, 0.3) is 0 Å². The van der Waals surface area contributed by atoms with Crippen LogP contribution in [-0.2, 0) is 0 Å². The predicted octanol–water partition coefficient (Wildman–Crippen LogP) is 4.45. The van der Waals surface area contributed by atoms with Crippen LogP contribution in [0.15, 0.2) is 48.8 Å². The highest BCUT2D eigenvalue weighted by Crippen LogP contribution is 2.28. The van der Waals surface area contributed by atoms with Crippen LogP contribution in [0, 0.1) is 0 Å². The number of carbonyl (C=O) groups excluding carboxylic acids is 1. The molecule has 0 bridgehead atoms. The summed E-state index contributed by atoms with van der Waals surface area (Å²) in [6, 6.07) is 10.8. The molecule has 33 heavy (non-hydrogen) atoms. The summed E-state index contributed by atoms with van der Waals surface area (Å²) in [5, 5.41) is 13.0. The molecule has 1 aromatic carbocycles. The molecule has 9 heteroatoms. The Morgan fingerprint density at radius 2 is 1.76 bits per heavy atom. The molecule has 3 aromatic rings. The normalized spacial score (nSPS) is 17.4. The van der Waals surface area contributed by atoms with Crippen LogP contribution in [0.4, 0.5) is 15.4 Å². The maximum absolute atomic E-state index is 12.7. The number of urea groups is 1. The van der Waals surface area contributed by atoms with Gasteiger partial charge in [-0.3, -0.25) is 9.88 Å². The summed E-state index contributed by atoms with van der Waals surface area (Å²) in [4.78, 5) is 32.8.